The molecule has 5 nitrogen and oxygen atoms in total. The second kappa shape index (κ2) is 4.07. The molecule has 1 aliphatic carbocycles. The number of hydrogen-bond acceptors (Lipinski definition) is 5. The molecule has 4 bridgehead atoms. The molecule has 1 saturated heterocycles. The number of carbonyl (C=O) groups is 2. The highest BCUT2D eigenvalue weighted by molar-refractivity contribution is 5.88. The zero-order valence-electron chi connectivity index (χ0n) is 14.0. The fraction of sp³-hybridized carbons (Fsp3) is 0.667. The van der Waals surface area contributed by atoms with E-state index in [1.54, 1.807) is 33.8 Å². The van der Waals surface area contributed by atoms with Gasteiger partial charge >= 0.3 is 11.9 Å². The smallest absolute Gasteiger partial charge is 0.324 e. The van der Waals surface area contributed by atoms with Crippen molar-refractivity contribution < 1.29 is 23.8 Å². The van der Waals surface area contributed by atoms with E-state index in [0.717, 1.165) is 12.8 Å². The summed E-state index contributed by atoms with van der Waals surface area (Å²) < 4.78 is 17.8. The molecular weight excluding hydrogens is 296 g/mol. The van der Waals surface area contributed by atoms with Crippen molar-refractivity contribution in [1.82, 2.24) is 0 Å². The average Bonchev–Trinajstić information content (AvgIpc) is 2.99. The van der Waals surface area contributed by atoms with E-state index in [1.807, 2.05) is 12.2 Å². The van der Waals surface area contributed by atoms with Crippen molar-refractivity contribution in [2.45, 2.75) is 64.3 Å². The number of esters is 2. The average molecular weight is 318 g/mol. The van der Waals surface area contributed by atoms with Crippen molar-refractivity contribution in [2.24, 2.45) is 10.8 Å². The Kier molecular flexibility index (Phi) is 2.64. The molecule has 2 fully saturated rings. The van der Waals surface area contributed by atoms with Crippen molar-refractivity contribution in [3.05, 3.63) is 24.0 Å². The minimum absolute atomic E-state index is 0.330. The van der Waals surface area contributed by atoms with Crippen LogP contribution in [0.25, 0.3) is 0 Å². The van der Waals surface area contributed by atoms with Gasteiger partial charge in [0.05, 0.1) is 5.41 Å². The number of fused-ring (bicyclic) bond motifs is 1. The van der Waals surface area contributed by atoms with Gasteiger partial charge in [-0.15, -0.1) is 0 Å². The molecule has 0 radical (unpaired) electrons. The van der Waals surface area contributed by atoms with Crippen molar-refractivity contribution in [2.75, 3.05) is 0 Å². The minimum Gasteiger partial charge on any atom is -0.451 e. The third-order valence-corrected chi connectivity index (χ3v) is 5.58. The van der Waals surface area contributed by atoms with Crippen molar-refractivity contribution in [3.63, 3.8) is 0 Å². The molecule has 5 rings (SSSR count). The second-order valence-electron chi connectivity index (χ2n) is 8.27. The normalized spacial score (nSPS) is 43.7. The van der Waals surface area contributed by atoms with Gasteiger partial charge in [-0.2, -0.15) is 0 Å². The van der Waals surface area contributed by atoms with E-state index in [4.69, 9.17) is 14.2 Å². The lowest BCUT2D eigenvalue weighted by atomic mass is 9.69. The van der Waals surface area contributed by atoms with Gasteiger partial charge < -0.3 is 14.2 Å². The van der Waals surface area contributed by atoms with Crippen LogP contribution < -0.4 is 0 Å². The first-order chi connectivity index (χ1) is 10.6. The highest BCUT2D eigenvalue weighted by Crippen LogP contribution is 2.63. The van der Waals surface area contributed by atoms with Crippen LogP contribution in [0.2, 0.25) is 0 Å². The molecule has 0 aromatic heterocycles. The molecule has 1 saturated carbocycles. The number of carbonyl (C=O) groups excluding carboxylic acids is 2. The van der Waals surface area contributed by atoms with E-state index in [9.17, 15) is 9.59 Å². The number of ether oxygens (including phenoxy) is 3. The number of rotatable bonds is 1. The van der Waals surface area contributed by atoms with Gasteiger partial charge in [0.15, 0.2) is 11.0 Å². The summed E-state index contributed by atoms with van der Waals surface area (Å²) in [6.45, 7) is 7.21. The van der Waals surface area contributed by atoms with E-state index in [1.165, 1.54) is 0 Å². The molecule has 2 spiro atoms. The topological polar surface area (TPSA) is 61.8 Å². The largest absolute Gasteiger partial charge is 0.451 e. The van der Waals surface area contributed by atoms with Crippen LogP contribution in [0.3, 0.4) is 0 Å². The molecule has 0 aromatic rings. The fourth-order valence-corrected chi connectivity index (χ4v) is 4.20. The first kappa shape index (κ1) is 14.9. The summed E-state index contributed by atoms with van der Waals surface area (Å²) in [5.41, 5.74) is -3.35. The van der Waals surface area contributed by atoms with Gasteiger partial charge in [0.2, 0.25) is 0 Å². The first-order valence-corrected chi connectivity index (χ1v) is 8.19. The summed E-state index contributed by atoms with van der Waals surface area (Å²) in [4.78, 5) is 25.4. The Labute approximate surface area is 135 Å². The summed E-state index contributed by atoms with van der Waals surface area (Å²) in [5, 5.41) is 0. The summed E-state index contributed by atoms with van der Waals surface area (Å²) in [6, 6.07) is 0. The molecular formula is C18H22O5. The van der Waals surface area contributed by atoms with Crippen molar-refractivity contribution in [3.8, 4) is 0 Å². The van der Waals surface area contributed by atoms with E-state index >= 15 is 0 Å². The molecule has 5 heteroatoms. The Balaban J connectivity index is 1.87. The Morgan fingerprint density at radius 2 is 2.09 bits per heavy atom. The van der Waals surface area contributed by atoms with E-state index in [2.05, 4.69) is 0 Å². The van der Waals surface area contributed by atoms with Gasteiger partial charge in [0.25, 0.3) is 0 Å². The van der Waals surface area contributed by atoms with Gasteiger partial charge in [-0.3, -0.25) is 9.59 Å². The van der Waals surface area contributed by atoms with Gasteiger partial charge in [0, 0.05) is 6.08 Å². The molecule has 5 aliphatic rings. The van der Waals surface area contributed by atoms with Crippen LogP contribution in [0, 0.1) is 10.8 Å². The van der Waals surface area contributed by atoms with Crippen LogP contribution in [0.15, 0.2) is 24.0 Å². The molecule has 4 heterocycles. The third-order valence-electron chi connectivity index (χ3n) is 5.58. The Bertz CT molecular complexity index is 669. The highest BCUT2D eigenvalue weighted by Gasteiger charge is 2.72. The molecule has 124 valence electrons. The molecule has 0 N–H and O–H groups in total. The van der Waals surface area contributed by atoms with Crippen molar-refractivity contribution in [1.29, 1.82) is 0 Å². The summed E-state index contributed by atoms with van der Waals surface area (Å²) in [5.74, 6) is -0.256. The van der Waals surface area contributed by atoms with Crippen molar-refractivity contribution >= 4 is 11.9 Å². The molecule has 0 aromatic carbocycles. The molecule has 4 atom stereocenters. The maximum absolute atomic E-state index is 12.9. The minimum atomic E-state index is -1.03. The summed E-state index contributed by atoms with van der Waals surface area (Å²) >= 11 is 0. The van der Waals surface area contributed by atoms with Gasteiger partial charge in [-0.1, -0.05) is 12.2 Å². The van der Waals surface area contributed by atoms with Gasteiger partial charge in [-0.05, 0) is 47.0 Å². The van der Waals surface area contributed by atoms with E-state index in [-0.39, 0.29) is 18.0 Å². The maximum Gasteiger partial charge on any atom is 0.324 e. The lowest BCUT2D eigenvalue weighted by Crippen LogP contribution is -2.53. The predicted molar refractivity (Wildman–Crippen MR) is 81.2 cm³/mol. The Morgan fingerprint density at radius 1 is 1.35 bits per heavy atom. The molecule has 0 unspecified atom stereocenters. The van der Waals surface area contributed by atoms with Crippen LogP contribution in [0.1, 0.15) is 47.0 Å². The summed E-state index contributed by atoms with van der Waals surface area (Å²) in [6.07, 6.45) is 7.55. The molecule has 0 amide bonds. The zero-order chi connectivity index (χ0) is 16.7. The second-order valence-corrected chi connectivity index (χ2v) is 8.27. The SMILES string of the molecule is CC(C)(C)C(=O)OC1=C[C@]2(C)OC(=O)[C@]13CCC[C@]31C=C[C@H]2O1. The molecule has 4 aliphatic heterocycles. The van der Waals surface area contributed by atoms with E-state index < -0.39 is 22.0 Å². The first-order valence-electron chi connectivity index (χ1n) is 8.19. The lowest BCUT2D eigenvalue weighted by Gasteiger charge is -2.42. The zero-order valence-corrected chi connectivity index (χ0v) is 14.0. The van der Waals surface area contributed by atoms with Crippen LogP contribution in [0.5, 0.6) is 0 Å². The predicted octanol–water partition coefficient (Wildman–Crippen LogP) is 2.65. The Morgan fingerprint density at radius 3 is 2.78 bits per heavy atom. The maximum atomic E-state index is 12.9. The fourth-order valence-electron chi connectivity index (χ4n) is 4.20. The lowest BCUT2D eigenvalue weighted by molar-refractivity contribution is -0.173. The van der Waals surface area contributed by atoms with Crippen LogP contribution >= 0.6 is 0 Å². The van der Waals surface area contributed by atoms with Crippen LogP contribution in [-0.4, -0.2) is 29.2 Å². The summed E-state index contributed by atoms with van der Waals surface area (Å²) in [7, 11) is 0. The molecule has 23 heavy (non-hydrogen) atoms. The third kappa shape index (κ3) is 1.66. The number of hydrogen-bond donors (Lipinski definition) is 0. The Hall–Kier alpha value is -1.62. The van der Waals surface area contributed by atoms with Crippen LogP contribution in [0.4, 0.5) is 0 Å². The standard InChI is InChI=1S/C18H22O5/c1-15(2,3)13(19)21-12-10-16(4)11-6-9-17(22-11)7-5-8-18(12,17)14(20)23-16/h6,9-11H,5,7-8H2,1-4H3/t11-,16+,17+,18+/m1/s1. The van der Waals surface area contributed by atoms with E-state index in [0.29, 0.717) is 12.2 Å². The van der Waals surface area contributed by atoms with Gasteiger partial charge in [0.1, 0.15) is 17.5 Å². The highest BCUT2D eigenvalue weighted by atomic mass is 16.6. The van der Waals surface area contributed by atoms with Gasteiger partial charge in [-0.25, -0.2) is 0 Å². The monoisotopic (exact) mass is 318 g/mol. The quantitative estimate of drug-likeness (QED) is 0.549. The van der Waals surface area contributed by atoms with Crippen LogP contribution in [-0.2, 0) is 23.8 Å².